The zero-order valence-corrected chi connectivity index (χ0v) is 50.5. The minimum absolute atomic E-state index is 0. The van der Waals surface area contributed by atoms with Gasteiger partial charge in [-0.3, -0.25) is 0 Å². The monoisotopic (exact) mass is 1030 g/mol. The van der Waals surface area contributed by atoms with E-state index in [1.165, 1.54) is 135 Å². The Labute approximate surface area is 423 Å². The largest absolute Gasteiger partial charge is 4.00 e. The van der Waals surface area contributed by atoms with Crippen LogP contribution in [0.1, 0.15) is 190 Å². The smallest absolute Gasteiger partial charge is 0.665 e. The van der Waals surface area contributed by atoms with E-state index in [0.29, 0.717) is 0 Å². The Morgan fingerprint density at radius 3 is 0.536 bits per heavy atom. The van der Waals surface area contributed by atoms with Gasteiger partial charge in [0.15, 0.2) is 0 Å². The maximum absolute atomic E-state index is 7.00. The SMILES string of the molecule is CC1CCCC1.CC1CCCC1.CC1CCCC1.CC1CCCC1.CCC1CCCC1.CC[N-]C.CC[N-]C.CC[N-]C.CO.[CH3-].[CH3-].[CH3-].[CH3-].[CH3-].[CH3-].[CH3-].[CH3-].[Zr+3].[Zr+4].[Zr+4]. The Morgan fingerprint density at radius 1 is 0.357 bits per heavy atom. The van der Waals surface area contributed by atoms with Gasteiger partial charge in [0, 0.05) is 7.11 Å². The summed E-state index contributed by atoms with van der Waals surface area (Å²) in [5.74, 6) is 5.28. The van der Waals surface area contributed by atoms with E-state index in [1.54, 1.807) is 21.1 Å². The fourth-order valence-electron chi connectivity index (χ4n) is 5.94. The Balaban J connectivity index is -0.0000000257. The van der Waals surface area contributed by atoms with Crippen LogP contribution in [0.25, 0.3) is 16.0 Å². The van der Waals surface area contributed by atoms with Crippen molar-refractivity contribution in [2.24, 2.45) is 29.6 Å². The first-order valence-corrected chi connectivity index (χ1v) is 19.9. The van der Waals surface area contributed by atoms with Crippen LogP contribution in [0.5, 0.6) is 0 Å². The molecule has 0 amide bonds. The van der Waals surface area contributed by atoms with Gasteiger partial charge < -0.3 is 80.5 Å². The zero-order chi connectivity index (χ0) is 35.0. The van der Waals surface area contributed by atoms with Gasteiger partial charge in [0.1, 0.15) is 0 Å². The van der Waals surface area contributed by atoms with Crippen LogP contribution in [-0.2, 0) is 78.6 Å². The second-order valence-corrected chi connectivity index (χ2v) is 14.0. The van der Waals surface area contributed by atoms with E-state index >= 15 is 0 Å². The summed E-state index contributed by atoms with van der Waals surface area (Å²) in [6.45, 7) is 20.5. The molecule has 1 radical (unpaired) electrons. The molecule has 0 heterocycles. The Bertz CT molecular complexity index is 392. The van der Waals surface area contributed by atoms with Crippen LogP contribution in [0, 0.1) is 89.0 Å². The second-order valence-electron chi connectivity index (χ2n) is 14.0. The van der Waals surface area contributed by atoms with E-state index in [4.69, 9.17) is 5.11 Å². The number of rotatable bonds is 4. The van der Waals surface area contributed by atoms with E-state index in [1.807, 2.05) is 20.8 Å². The first kappa shape index (κ1) is 102. The van der Waals surface area contributed by atoms with Crippen LogP contribution in [0.4, 0.5) is 0 Å². The van der Waals surface area contributed by atoms with Crippen molar-refractivity contribution in [2.75, 3.05) is 47.9 Å². The molecule has 56 heavy (non-hydrogen) atoms. The summed E-state index contributed by atoms with van der Waals surface area (Å²) in [7, 11) is 6.42. The van der Waals surface area contributed by atoms with Gasteiger partial charge in [-0.25, -0.2) is 0 Å². The Kier molecular flexibility index (Phi) is 169. The first-order chi connectivity index (χ1) is 21.7. The van der Waals surface area contributed by atoms with Crippen molar-refractivity contribution in [3.8, 4) is 0 Å². The molecule has 0 saturated heterocycles. The third-order valence-corrected chi connectivity index (χ3v) is 9.58. The van der Waals surface area contributed by atoms with Gasteiger partial charge in [-0.15, -0.1) is 0 Å². The molecule has 4 nitrogen and oxygen atoms in total. The van der Waals surface area contributed by atoms with Crippen molar-refractivity contribution >= 4 is 0 Å². The molecule has 0 bridgehead atoms. The van der Waals surface area contributed by atoms with E-state index < -0.39 is 0 Å². The molecule has 0 atom stereocenters. The number of hydrogen-bond acceptors (Lipinski definition) is 1. The Morgan fingerprint density at radius 2 is 0.482 bits per heavy atom. The van der Waals surface area contributed by atoms with Crippen LogP contribution in [-0.4, -0.2) is 53.0 Å². The summed E-state index contributed by atoms with van der Waals surface area (Å²) < 4.78 is 0. The fourth-order valence-corrected chi connectivity index (χ4v) is 5.94. The van der Waals surface area contributed by atoms with Crippen LogP contribution >= 0.6 is 0 Å². The van der Waals surface area contributed by atoms with Crippen molar-refractivity contribution in [1.29, 1.82) is 0 Å². The minimum Gasteiger partial charge on any atom is -0.665 e. The summed E-state index contributed by atoms with van der Waals surface area (Å²) in [5.41, 5.74) is 0. The molecule has 5 fully saturated rings. The molecular weight excluding hydrogens is 920 g/mol. The average Bonchev–Trinajstić information content (AvgIpc) is 3.93. The summed E-state index contributed by atoms with van der Waals surface area (Å²) in [6.07, 6.45) is 31.2. The third kappa shape index (κ3) is 96.3. The van der Waals surface area contributed by atoms with Crippen LogP contribution in [0.15, 0.2) is 0 Å². The fraction of sp³-hybridized carbons (Fsp3) is 0.837. The molecule has 5 rings (SSSR count). The van der Waals surface area contributed by atoms with Crippen molar-refractivity contribution in [3.63, 3.8) is 0 Å². The second kappa shape index (κ2) is 92.7. The molecule has 0 aromatic carbocycles. The topological polar surface area (TPSA) is 62.5 Å². The van der Waals surface area contributed by atoms with Gasteiger partial charge >= 0.3 is 78.6 Å². The van der Waals surface area contributed by atoms with Gasteiger partial charge in [0.2, 0.25) is 0 Å². The predicted molar refractivity (Wildman–Crippen MR) is 262 cm³/mol. The minimum atomic E-state index is 0. The van der Waals surface area contributed by atoms with Crippen LogP contribution < -0.4 is 0 Å². The summed E-state index contributed by atoms with van der Waals surface area (Å²) >= 11 is 0. The molecule has 343 valence electrons. The summed E-state index contributed by atoms with van der Waals surface area (Å²) in [4.78, 5) is 0. The maximum atomic E-state index is 7.00. The molecular formula is C49H114N3OZr3. The number of aliphatic hydroxyl groups excluding tert-OH is 1. The van der Waals surface area contributed by atoms with Crippen LogP contribution in [0.3, 0.4) is 0 Å². The van der Waals surface area contributed by atoms with Gasteiger partial charge in [-0.1, -0.05) is 190 Å². The normalized spacial score (nSPS) is 15.6. The number of nitrogens with zero attached hydrogens (tertiary/aromatic N) is 3. The van der Waals surface area contributed by atoms with E-state index in [-0.39, 0.29) is 138 Å². The molecule has 0 aliphatic heterocycles. The molecule has 7 heteroatoms. The van der Waals surface area contributed by atoms with Crippen molar-refractivity contribution < 1.29 is 83.7 Å². The molecule has 1 N–H and O–H groups in total. The number of hydrogen-bond donors (Lipinski definition) is 1. The molecule has 5 aliphatic carbocycles. The maximum Gasteiger partial charge on any atom is 4.00 e. The molecule has 5 saturated carbocycles. The first-order valence-electron chi connectivity index (χ1n) is 19.9. The quantitative estimate of drug-likeness (QED) is 0.280. The van der Waals surface area contributed by atoms with Crippen molar-refractivity contribution in [1.82, 2.24) is 0 Å². The standard InChI is InChI=1S/C7H14.4C6H12.3C3H8N.CH4O.8CH3.3Zr/c1-2-7-5-3-4-6-7;4*1-6-4-2-3-5-6;3*1-3-4-2;1-2;;;;;;;;;;;/h7H,2-6H2,1H3;4*6H,2-5H2,1H3;3*3H2,1-2H3;2H,1H3;8*1H3;;;/q;;;;;3*-1;;8*-1;+3;2*+4. The average molecular weight is 1040 g/mol. The van der Waals surface area contributed by atoms with Gasteiger partial charge in [-0.2, -0.15) is 40.8 Å². The summed E-state index contributed by atoms with van der Waals surface area (Å²) in [5, 5.41) is 18.2. The molecule has 5 aliphatic rings. The van der Waals surface area contributed by atoms with Crippen molar-refractivity contribution in [2.45, 2.75) is 190 Å². The van der Waals surface area contributed by atoms with Gasteiger partial charge in [-0.05, 0) is 29.6 Å². The van der Waals surface area contributed by atoms with E-state index in [0.717, 1.165) is 56.3 Å². The van der Waals surface area contributed by atoms with Crippen molar-refractivity contribution in [3.05, 3.63) is 75.4 Å². The predicted octanol–water partition coefficient (Wildman–Crippen LogP) is 17.6. The van der Waals surface area contributed by atoms with Gasteiger partial charge in [0.05, 0.1) is 0 Å². The Hall–Kier alpha value is 2.49. The van der Waals surface area contributed by atoms with Gasteiger partial charge in [0.25, 0.3) is 0 Å². The summed E-state index contributed by atoms with van der Waals surface area (Å²) in [6, 6.07) is 0. The molecule has 0 aromatic heterocycles. The third-order valence-electron chi connectivity index (χ3n) is 9.58. The molecule has 0 spiro atoms. The molecule has 0 unspecified atom stereocenters. The zero-order valence-electron chi connectivity index (χ0n) is 43.1. The van der Waals surface area contributed by atoms with E-state index in [9.17, 15) is 0 Å². The van der Waals surface area contributed by atoms with Crippen LogP contribution in [0.2, 0.25) is 0 Å². The molecule has 0 aromatic rings. The number of aliphatic hydroxyl groups is 1. The van der Waals surface area contributed by atoms with E-state index in [2.05, 4.69) is 50.6 Å².